The second-order valence-electron chi connectivity index (χ2n) is 10.6. The van der Waals surface area contributed by atoms with Crippen molar-refractivity contribution in [2.24, 2.45) is 0 Å². The second kappa shape index (κ2) is 11.4. The fourth-order valence-corrected chi connectivity index (χ4v) is 5.82. The van der Waals surface area contributed by atoms with E-state index in [9.17, 15) is 5.11 Å². The molecule has 8 nitrogen and oxygen atoms in total. The van der Waals surface area contributed by atoms with E-state index in [4.69, 9.17) is 23.9 Å². The van der Waals surface area contributed by atoms with E-state index in [0.717, 1.165) is 27.8 Å². The maximum Gasteiger partial charge on any atom is 0.224 e. The lowest BCUT2D eigenvalue weighted by molar-refractivity contribution is 0.00213. The Morgan fingerprint density at radius 1 is 0.829 bits per heavy atom. The highest BCUT2D eigenvalue weighted by Gasteiger charge is 2.50. The molecule has 0 spiro atoms. The van der Waals surface area contributed by atoms with Crippen LogP contribution < -0.4 is 18.9 Å². The number of hydrogen-bond acceptors (Lipinski definition) is 8. The Labute approximate surface area is 241 Å². The summed E-state index contributed by atoms with van der Waals surface area (Å²) in [4.78, 5) is 11.4. The molecule has 0 fully saturated rings. The third-order valence-electron chi connectivity index (χ3n) is 7.86. The first-order valence-electron chi connectivity index (χ1n) is 13.5. The number of rotatable bonds is 9. The van der Waals surface area contributed by atoms with E-state index in [1.165, 1.54) is 5.56 Å². The van der Waals surface area contributed by atoms with Crippen LogP contribution in [0, 0.1) is 6.92 Å². The molecule has 214 valence electrons. The Hall–Kier alpha value is -4.14. The molecule has 4 aromatic rings. The highest BCUT2D eigenvalue weighted by atomic mass is 16.5. The summed E-state index contributed by atoms with van der Waals surface area (Å²) in [5.74, 6) is 1.23. The highest BCUT2D eigenvalue weighted by molar-refractivity contribution is 5.85. The Bertz CT molecular complexity index is 1550. The molecule has 0 radical (unpaired) electrons. The molecule has 0 saturated heterocycles. The van der Waals surface area contributed by atoms with Gasteiger partial charge < -0.3 is 29.0 Å². The number of nitrogens with zero attached hydrogens (tertiary/aromatic N) is 3. The lowest BCUT2D eigenvalue weighted by Crippen LogP contribution is -2.40. The van der Waals surface area contributed by atoms with Gasteiger partial charge in [0.05, 0.1) is 34.0 Å². The van der Waals surface area contributed by atoms with Crippen molar-refractivity contribution in [2.75, 3.05) is 49.1 Å². The summed E-state index contributed by atoms with van der Waals surface area (Å²) >= 11 is 0. The number of methoxy groups -OCH3 is 4. The summed E-state index contributed by atoms with van der Waals surface area (Å²) in [5, 5.41) is 13.1. The van der Waals surface area contributed by atoms with Crippen LogP contribution in [0.4, 0.5) is 0 Å². The fraction of sp³-hybridized carbons (Fsp3) is 0.333. The Kier molecular flexibility index (Phi) is 7.89. The Morgan fingerprint density at radius 2 is 1.56 bits per heavy atom. The van der Waals surface area contributed by atoms with Crippen LogP contribution in [0.3, 0.4) is 0 Å². The minimum absolute atomic E-state index is 0.347. The normalized spacial score (nSPS) is 17.5. The molecule has 2 heterocycles. The van der Waals surface area contributed by atoms with E-state index < -0.39 is 11.5 Å². The molecule has 0 aliphatic heterocycles. The van der Waals surface area contributed by atoms with Crippen molar-refractivity contribution in [3.8, 4) is 45.6 Å². The van der Waals surface area contributed by atoms with Crippen LogP contribution >= 0.6 is 0 Å². The third-order valence-corrected chi connectivity index (χ3v) is 7.86. The average molecular weight is 556 g/mol. The quantitative estimate of drug-likeness (QED) is 0.292. The maximum absolute atomic E-state index is 13.1. The molecule has 41 heavy (non-hydrogen) atoms. The monoisotopic (exact) mass is 555 g/mol. The van der Waals surface area contributed by atoms with Gasteiger partial charge in [-0.2, -0.15) is 4.98 Å². The maximum atomic E-state index is 13.1. The molecular formula is C33H37N3O5. The number of aryl methyl sites for hydroxylation is 1. The molecule has 1 N–H and O–H groups in total. The molecule has 2 atom stereocenters. The summed E-state index contributed by atoms with van der Waals surface area (Å²) in [5.41, 5.74) is 5.48. The number of benzene rings is 2. The molecule has 5 rings (SSSR count). The molecule has 0 saturated carbocycles. The van der Waals surface area contributed by atoms with Crippen molar-refractivity contribution in [3.63, 3.8) is 0 Å². The molecule has 0 amide bonds. The Morgan fingerprint density at radius 3 is 2.20 bits per heavy atom. The van der Waals surface area contributed by atoms with Gasteiger partial charge in [-0.3, -0.25) is 0 Å². The van der Waals surface area contributed by atoms with Crippen LogP contribution in [0.5, 0.6) is 23.4 Å². The summed E-state index contributed by atoms with van der Waals surface area (Å²) in [6.07, 6.45) is 2.22. The van der Waals surface area contributed by atoms with Crippen LogP contribution in [-0.2, 0) is 5.60 Å². The van der Waals surface area contributed by atoms with E-state index in [1.54, 1.807) is 34.5 Å². The van der Waals surface area contributed by atoms with Gasteiger partial charge in [-0.05, 0) is 50.7 Å². The summed E-state index contributed by atoms with van der Waals surface area (Å²) < 4.78 is 23.1. The van der Waals surface area contributed by atoms with Crippen molar-refractivity contribution in [2.45, 2.75) is 24.9 Å². The topological polar surface area (TPSA) is 86.2 Å². The van der Waals surface area contributed by atoms with Crippen LogP contribution in [0.25, 0.3) is 22.3 Å². The molecular weight excluding hydrogens is 518 g/mol. The van der Waals surface area contributed by atoms with Crippen LogP contribution in [0.2, 0.25) is 0 Å². The van der Waals surface area contributed by atoms with Crippen molar-refractivity contribution < 1.29 is 24.1 Å². The molecule has 2 aromatic carbocycles. The van der Waals surface area contributed by atoms with E-state index in [1.807, 2.05) is 38.5 Å². The van der Waals surface area contributed by atoms with Gasteiger partial charge in [0.2, 0.25) is 17.6 Å². The minimum atomic E-state index is -1.41. The van der Waals surface area contributed by atoms with E-state index in [-0.39, 0.29) is 0 Å². The fourth-order valence-electron chi connectivity index (χ4n) is 5.82. The predicted molar refractivity (Wildman–Crippen MR) is 159 cm³/mol. The first kappa shape index (κ1) is 28.4. The summed E-state index contributed by atoms with van der Waals surface area (Å²) in [7, 11) is 10.4. The lowest BCUT2D eigenvalue weighted by Gasteiger charge is -2.44. The van der Waals surface area contributed by atoms with Crippen molar-refractivity contribution in [3.05, 3.63) is 83.0 Å². The standard InChI is InChI=1S/C33H37N3O5/c1-20-11-13-21(14-12-20)22-17-24(31(40-6)34-19-22)30-23-9-8-10-26(38-4)28(23)29-25(33(30,37)15-16-36(2)3)18-27(39-5)35-32(29)41-7/h8-14,17-19,30,37H,15-16H2,1-7H3. The van der Waals surface area contributed by atoms with Gasteiger partial charge in [0.1, 0.15) is 11.4 Å². The van der Waals surface area contributed by atoms with Crippen LogP contribution in [-0.4, -0.2) is 69.1 Å². The molecule has 2 unspecified atom stereocenters. The predicted octanol–water partition coefficient (Wildman–Crippen LogP) is 5.44. The lowest BCUT2D eigenvalue weighted by atomic mass is 9.64. The highest BCUT2D eigenvalue weighted by Crippen LogP contribution is 2.59. The number of aliphatic hydroxyl groups is 1. The van der Waals surface area contributed by atoms with Gasteiger partial charge >= 0.3 is 0 Å². The number of pyridine rings is 2. The van der Waals surface area contributed by atoms with Crippen molar-refractivity contribution in [1.29, 1.82) is 0 Å². The number of ether oxygens (including phenoxy) is 4. The first-order chi connectivity index (χ1) is 19.7. The third kappa shape index (κ3) is 4.98. The van der Waals surface area contributed by atoms with E-state index >= 15 is 0 Å². The van der Waals surface area contributed by atoms with Crippen molar-refractivity contribution in [1.82, 2.24) is 14.9 Å². The number of fused-ring (bicyclic) bond motifs is 3. The average Bonchev–Trinajstić information content (AvgIpc) is 2.99. The van der Waals surface area contributed by atoms with Gasteiger partial charge in [-0.15, -0.1) is 0 Å². The molecule has 8 heteroatoms. The smallest absolute Gasteiger partial charge is 0.224 e. The van der Waals surface area contributed by atoms with Crippen molar-refractivity contribution >= 4 is 0 Å². The zero-order valence-electron chi connectivity index (χ0n) is 24.7. The first-order valence-corrected chi connectivity index (χ1v) is 13.5. The largest absolute Gasteiger partial charge is 0.496 e. The van der Waals surface area contributed by atoms with Gasteiger partial charge in [0.15, 0.2) is 0 Å². The zero-order chi connectivity index (χ0) is 29.3. The van der Waals surface area contributed by atoms with E-state index in [2.05, 4.69) is 47.1 Å². The Balaban J connectivity index is 1.87. The number of aromatic nitrogens is 2. The van der Waals surface area contributed by atoms with Gasteiger partial charge in [-0.25, -0.2) is 4.98 Å². The van der Waals surface area contributed by atoms with Gasteiger partial charge in [0.25, 0.3) is 0 Å². The molecule has 1 aliphatic carbocycles. The molecule has 2 aromatic heterocycles. The second-order valence-corrected chi connectivity index (χ2v) is 10.6. The van der Waals surface area contributed by atoms with Gasteiger partial charge in [-0.1, -0.05) is 42.0 Å². The molecule has 1 aliphatic rings. The number of hydrogen-bond donors (Lipinski definition) is 1. The summed E-state index contributed by atoms with van der Waals surface area (Å²) in [6, 6.07) is 18.1. The van der Waals surface area contributed by atoms with Crippen LogP contribution in [0.1, 0.15) is 34.6 Å². The SMILES string of the molecule is COc1cc2c(c(OC)n1)-c1c(OC)cccc1C(c1cc(-c3ccc(C)cc3)cnc1OC)C2(O)CCN(C)C. The van der Waals surface area contributed by atoms with Gasteiger partial charge in [0, 0.05) is 47.0 Å². The van der Waals surface area contributed by atoms with Crippen LogP contribution in [0.15, 0.2) is 60.8 Å². The minimum Gasteiger partial charge on any atom is -0.496 e. The molecule has 0 bridgehead atoms. The zero-order valence-corrected chi connectivity index (χ0v) is 24.7. The summed E-state index contributed by atoms with van der Waals surface area (Å²) in [6.45, 7) is 2.68. The van der Waals surface area contributed by atoms with E-state index in [0.29, 0.717) is 47.5 Å².